The number of nitriles is 2. The van der Waals surface area contributed by atoms with E-state index >= 15 is 0 Å². The molecule has 2 atom stereocenters. The fraction of sp³-hybridized carbons (Fsp3) is 0.674. The van der Waals surface area contributed by atoms with E-state index in [1.807, 2.05) is 31.6 Å². The molecule has 316 valence electrons. The molecule has 0 radical (unpaired) electrons. The van der Waals surface area contributed by atoms with Crippen LogP contribution in [0.1, 0.15) is 117 Å². The molecule has 4 fully saturated rings. The molecule has 4 aliphatic rings. The lowest BCUT2D eigenvalue weighted by atomic mass is 9.84. The first-order valence-corrected chi connectivity index (χ1v) is 23.2. The molecule has 0 spiro atoms. The average Bonchev–Trinajstić information content (AvgIpc) is 3.92. The van der Waals surface area contributed by atoms with Gasteiger partial charge in [-0.1, -0.05) is 81.9 Å². The van der Waals surface area contributed by atoms with E-state index in [2.05, 4.69) is 43.2 Å². The molecular formula is C43H61ClN8O4S2. The Balaban J connectivity index is 0.000000221. The highest BCUT2D eigenvalue weighted by Gasteiger charge is 2.39. The van der Waals surface area contributed by atoms with Crippen molar-refractivity contribution in [1.29, 1.82) is 10.5 Å². The maximum absolute atomic E-state index is 13.2. The Morgan fingerprint density at radius 2 is 1.24 bits per heavy atom. The summed E-state index contributed by atoms with van der Waals surface area (Å²) >= 11 is 8.70. The summed E-state index contributed by atoms with van der Waals surface area (Å²) in [6.45, 7) is 3.10. The van der Waals surface area contributed by atoms with Gasteiger partial charge in [-0.05, 0) is 88.0 Å². The number of likely N-dealkylation sites (tertiary alicyclic amines) is 2. The SMILES string of the molecule is CN1CCC(C#N)(NC(=O)C(CC2CCCCC2)NC(=O)Cc2cccs2)CC1.CN1CCC(C#N)(NC(=O)C(CC2CCCCC2)NC(=O)c2ccc(Cl)s2)CC1. The molecule has 2 aliphatic heterocycles. The molecular weight excluding hydrogens is 792 g/mol. The molecule has 6 rings (SSSR count). The van der Waals surface area contributed by atoms with Crippen LogP contribution in [0.4, 0.5) is 0 Å². The molecule has 2 aliphatic carbocycles. The largest absolute Gasteiger partial charge is 0.344 e. The number of piperidine rings is 2. The maximum atomic E-state index is 13.2. The van der Waals surface area contributed by atoms with Gasteiger partial charge in [0.25, 0.3) is 5.91 Å². The smallest absolute Gasteiger partial charge is 0.262 e. The molecule has 4 amide bonds. The van der Waals surface area contributed by atoms with Crippen LogP contribution in [-0.4, -0.2) is 96.9 Å². The molecule has 15 heteroatoms. The summed E-state index contributed by atoms with van der Waals surface area (Å²) < 4.78 is 0.540. The Kier molecular flexibility index (Phi) is 17.4. The third kappa shape index (κ3) is 13.8. The van der Waals surface area contributed by atoms with Crippen molar-refractivity contribution >= 4 is 57.9 Å². The topological polar surface area (TPSA) is 170 Å². The van der Waals surface area contributed by atoms with E-state index in [1.54, 1.807) is 23.5 Å². The van der Waals surface area contributed by atoms with Crippen LogP contribution < -0.4 is 21.3 Å². The Hall–Kier alpha value is -3.53. The van der Waals surface area contributed by atoms with Crippen molar-refractivity contribution in [3.8, 4) is 12.1 Å². The number of nitrogens with zero attached hydrogens (tertiary/aromatic N) is 4. The van der Waals surface area contributed by atoms with E-state index in [1.165, 1.54) is 49.9 Å². The molecule has 2 unspecified atom stereocenters. The molecule has 4 heterocycles. The number of hydrogen-bond donors (Lipinski definition) is 4. The van der Waals surface area contributed by atoms with Gasteiger partial charge in [-0.15, -0.1) is 22.7 Å². The predicted molar refractivity (Wildman–Crippen MR) is 229 cm³/mol. The molecule has 12 nitrogen and oxygen atoms in total. The monoisotopic (exact) mass is 852 g/mol. The number of thiophene rings is 2. The quantitative estimate of drug-likeness (QED) is 0.179. The maximum Gasteiger partial charge on any atom is 0.262 e. The van der Waals surface area contributed by atoms with Crippen LogP contribution in [-0.2, 0) is 20.8 Å². The zero-order chi connectivity index (χ0) is 41.5. The Morgan fingerprint density at radius 1 is 0.759 bits per heavy atom. The molecule has 2 aromatic rings. The van der Waals surface area contributed by atoms with E-state index < -0.39 is 23.2 Å². The lowest BCUT2D eigenvalue weighted by Gasteiger charge is -2.37. The van der Waals surface area contributed by atoms with Crippen LogP contribution in [0.5, 0.6) is 0 Å². The van der Waals surface area contributed by atoms with E-state index in [-0.39, 0.29) is 23.6 Å². The third-order valence-corrected chi connectivity index (χ3v) is 14.5. The second kappa shape index (κ2) is 22.2. The van der Waals surface area contributed by atoms with Gasteiger partial charge in [-0.3, -0.25) is 19.2 Å². The fourth-order valence-electron chi connectivity index (χ4n) is 8.63. The van der Waals surface area contributed by atoms with Crippen molar-refractivity contribution in [2.24, 2.45) is 11.8 Å². The van der Waals surface area contributed by atoms with E-state index in [9.17, 15) is 29.7 Å². The minimum Gasteiger partial charge on any atom is -0.344 e. The van der Waals surface area contributed by atoms with Gasteiger partial charge < -0.3 is 31.1 Å². The van der Waals surface area contributed by atoms with Gasteiger partial charge in [-0.25, -0.2) is 0 Å². The second-order valence-corrected chi connectivity index (χ2v) is 19.7. The van der Waals surface area contributed by atoms with Crippen molar-refractivity contribution in [3.05, 3.63) is 43.7 Å². The minimum absolute atomic E-state index is 0.127. The second-order valence-electron chi connectivity index (χ2n) is 17.0. The first-order valence-electron chi connectivity index (χ1n) is 21.1. The summed E-state index contributed by atoms with van der Waals surface area (Å²) in [5, 5.41) is 33.4. The number of carbonyl (C=O) groups is 4. The Labute approximate surface area is 357 Å². The molecule has 0 aromatic carbocycles. The predicted octanol–water partition coefficient (Wildman–Crippen LogP) is 6.42. The molecule has 2 saturated carbocycles. The lowest BCUT2D eigenvalue weighted by molar-refractivity contribution is -0.130. The Bertz CT molecular complexity index is 1730. The van der Waals surface area contributed by atoms with Gasteiger partial charge in [0.1, 0.15) is 23.2 Å². The number of rotatable bonds is 13. The van der Waals surface area contributed by atoms with Crippen molar-refractivity contribution in [1.82, 2.24) is 31.1 Å². The summed E-state index contributed by atoms with van der Waals surface area (Å²) in [5.41, 5.74) is -1.68. The first-order chi connectivity index (χ1) is 27.9. The van der Waals surface area contributed by atoms with Gasteiger partial charge in [0, 0.05) is 31.1 Å². The standard InChI is InChI=1S/C22H32N4O2S.C21H29ClN4O2S/c1-26-11-9-22(16-23,10-12-26)25-21(28)19(14-17-6-3-2-4-7-17)24-20(27)15-18-8-5-13-29-18;1-26-11-9-21(14-23,10-12-26)25-19(27)16(13-15-5-3-2-4-6-15)24-20(28)17-7-8-18(22)29-17/h5,8,13,17,19H,2-4,6-7,9-12,14-15H2,1H3,(H,24,27)(H,25,28);7-8,15-16H,2-6,9-13H2,1H3,(H,24,28)(H,25,27). The van der Waals surface area contributed by atoms with Crippen molar-refractivity contribution in [2.75, 3.05) is 40.3 Å². The average molecular weight is 854 g/mol. The van der Waals surface area contributed by atoms with Crippen LogP contribution in [0, 0.1) is 34.5 Å². The number of hydrogen-bond acceptors (Lipinski definition) is 10. The zero-order valence-corrected chi connectivity index (χ0v) is 36.6. The number of amides is 4. The van der Waals surface area contributed by atoms with Crippen molar-refractivity contribution in [2.45, 2.75) is 132 Å². The summed E-state index contributed by atoms with van der Waals surface area (Å²) in [5.74, 6) is 0.00300. The van der Waals surface area contributed by atoms with Gasteiger partial charge in [-0.2, -0.15) is 10.5 Å². The van der Waals surface area contributed by atoms with Gasteiger partial charge in [0.05, 0.1) is 27.8 Å². The molecule has 4 N–H and O–H groups in total. The van der Waals surface area contributed by atoms with Crippen LogP contribution in [0.15, 0.2) is 29.6 Å². The summed E-state index contributed by atoms with van der Waals surface area (Å²) in [7, 11) is 4.04. The van der Waals surface area contributed by atoms with E-state index in [0.29, 0.717) is 66.0 Å². The highest BCUT2D eigenvalue weighted by molar-refractivity contribution is 7.18. The summed E-state index contributed by atoms with van der Waals surface area (Å²) in [6.07, 6.45) is 15.6. The van der Waals surface area contributed by atoms with Crippen LogP contribution in [0.3, 0.4) is 0 Å². The third-order valence-electron chi connectivity index (χ3n) is 12.4. The van der Waals surface area contributed by atoms with Crippen molar-refractivity contribution < 1.29 is 19.2 Å². The highest BCUT2D eigenvalue weighted by atomic mass is 35.5. The summed E-state index contributed by atoms with van der Waals surface area (Å²) in [4.78, 5) is 57.5. The van der Waals surface area contributed by atoms with Gasteiger partial charge in [0.2, 0.25) is 17.7 Å². The van der Waals surface area contributed by atoms with Gasteiger partial charge in [0.15, 0.2) is 0 Å². The normalized spacial score (nSPS) is 21.1. The van der Waals surface area contributed by atoms with Crippen molar-refractivity contribution in [3.63, 3.8) is 0 Å². The number of halogens is 1. The fourth-order valence-corrected chi connectivity index (χ4v) is 10.3. The zero-order valence-electron chi connectivity index (χ0n) is 34.2. The van der Waals surface area contributed by atoms with Crippen LogP contribution >= 0.6 is 34.3 Å². The number of nitrogens with one attached hydrogen (secondary N) is 4. The highest BCUT2D eigenvalue weighted by Crippen LogP contribution is 2.30. The van der Waals surface area contributed by atoms with Gasteiger partial charge >= 0.3 is 0 Å². The molecule has 0 bridgehead atoms. The lowest BCUT2D eigenvalue weighted by Crippen LogP contribution is -2.58. The van der Waals surface area contributed by atoms with E-state index in [4.69, 9.17) is 11.6 Å². The molecule has 2 aromatic heterocycles. The van der Waals surface area contributed by atoms with Crippen LogP contribution in [0.25, 0.3) is 0 Å². The summed E-state index contributed by atoms with van der Waals surface area (Å²) in [6, 6.07) is 10.7. The van der Waals surface area contributed by atoms with Crippen LogP contribution in [0.2, 0.25) is 4.34 Å². The minimum atomic E-state index is -0.856. The number of carbonyl (C=O) groups excluding carboxylic acids is 4. The molecule has 2 saturated heterocycles. The molecule has 58 heavy (non-hydrogen) atoms. The first kappa shape index (κ1) is 45.6. The Morgan fingerprint density at radius 3 is 1.66 bits per heavy atom. The van der Waals surface area contributed by atoms with E-state index in [0.717, 1.165) is 56.7 Å².